The van der Waals surface area contributed by atoms with Gasteiger partial charge in [0.25, 0.3) is 0 Å². The molecular weight excluding hydrogens is 318 g/mol. The van der Waals surface area contributed by atoms with Gasteiger partial charge in [0, 0.05) is 11.5 Å². The van der Waals surface area contributed by atoms with Crippen molar-refractivity contribution < 1.29 is 9.47 Å². The largest absolute Gasteiger partial charge is 0.493 e. The molecule has 1 unspecified atom stereocenters. The summed E-state index contributed by atoms with van der Waals surface area (Å²) in [6.07, 6.45) is 6.76. The molecule has 1 aromatic carbocycles. The van der Waals surface area contributed by atoms with E-state index in [1.807, 2.05) is 0 Å². The lowest BCUT2D eigenvalue weighted by Gasteiger charge is -2.49. The van der Waals surface area contributed by atoms with E-state index in [1.165, 1.54) is 55.7 Å². The van der Waals surface area contributed by atoms with Gasteiger partial charge in [0.15, 0.2) is 11.5 Å². The van der Waals surface area contributed by atoms with Gasteiger partial charge in [-0.2, -0.15) is 11.8 Å². The Morgan fingerprint density at radius 3 is 2.62 bits per heavy atom. The minimum absolute atomic E-state index is 0.298. The lowest BCUT2D eigenvalue weighted by atomic mass is 9.58. The van der Waals surface area contributed by atoms with Crippen molar-refractivity contribution >= 4 is 11.8 Å². The van der Waals surface area contributed by atoms with E-state index in [9.17, 15) is 0 Å². The summed E-state index contributed by atoms with van der Waals surface area (Å²) >= 11 is 2.17. The highest BCUT2D eigenvalue weighted by Crippen LogP contribution is 2.57. The molecule has 0 bridgehead atoms. The molecule has 3 fully saturated rings. The van der Waals surface area contributed by atoms with E-state index < -0.39 is 0 Å². The summed E-state index contributed by atoms with van der Waals surface area (Å²) in [5.41, 5.74) is 2.36. The SMILES string of the molecule is COc1ccc([C@]23CCN(C)[C@H]2CC2(CCSC2)CC3)cc1OC. The molecule has 4 heteroatoms. The van der Waals surface area contributed by atoms with Crippen molar-refractivity contribution in [3.8, 4) is 11.5 Å². The first-order valence-electron chi connectivity index (χ1n) is 9.13. The Morgan fingerprint density at radius 2 is 1.92 bits per heavy atom. The number of nitrogens with zero attached hydrogens (tertiary/aromatic N) is 1. The molecule has 0 N–H and O–H groups in total. The van der Waals surface area contributed by atoms with Crippen LogP contribution < -0.4 is 9.47 Å². The standard InChI is InChI=1S/C20H29NO2S/c1-21-10-8-20(15-4-5-16(22-2)17(12-15)23-3)7-6-19(13-18(20)21)9-11-24-14-19/h4-5,12,18H,6-11,13-14H2,1-3H3/t18-,19?,20-/m0/s1. The second kappa shape index (κ2) is 6.14. The zero-order valence-corrected chi connectivity index (χ0v) is 16.0. The molecule has 0 amide bonds. The number of hydrogen-bond donors (Lipinski definition) is 0. The third kappa shape index (κ3) is 2.45. The number of likely N-dealkylation sites (N-methyl/N-ethyl adjacent to an activating group) is 1. The summed E-state index contributed by atoms with van der Waals surface area (Å²) in [4.78, 5) is 2.63. The molecule has 1 aromatic rings. The molecule has 1 saturated carbocycles. The van der Waals surface area contributed by atoms with Crippen LogP contribution >= 0.6 is 11.8 Å². The summed E-state index contributed by atoms with van der Waals surface area (Å²) < 4.78 is 11.0. The Bertz CT molecular complexity index is 614. The molecule has 2 saturated heterocycles. The molecule has 3 aliphatic rings. The second-order valence-corrected chi connectivity index (χ2v) is 9.08. The molecule has 3 nitrogen and oxygen atoms in total. The van der Waals surface area contributed by atoms with E-state index >= 15 is 0 Å². The number of thioether (sulfide) groups is 1. The Morgan fingerprint density at radius 1 is 1.08 bits per heavy atom. The lowest BCUT2D eigenvalue weighted by molar-refractivity contribution is 0.0860. The Balaban J connectivity index is 1.70. The van der Waals surface area contributed by atoms with Gasteiger partial charge in [-0.15, -0.1) is 0 Å². The van der Waals surface area contributed by atoms with Gasteiger partial charge in [-0.3, -0.25) is 0 Å². The number of hydrogen-bond acceptors (Lipinski definition) is 4. The van der Waals surface area contributed by atoms with E-state index in [4.69, 9.17) is 9.47 Å². The van der Waals surface area contributed by atoms with Crippen molar-refractivity contribution in [1.82, 2.24) is 4.90 Å². The molecule has 4 rings (SSSR count). The summed E-state index contributed by atoms with van der Waals surface area (Å²) in [5.74, 6) is 4.44. The third-order valence-electron chi connectivity index (χ3n) is 6.95. The number of fused-ring (bicyclic) bond motifs is 1. The van der Waals surface area contributed by atoms with Gasteiger partial charge in [-0.05, 0) is 80.3 Å². The predicted octanol–water partition coefficient (Wildman–Crippen LogP) is 3.95. The maximum Gasteiger partial charge on any atom is 0.161 e. The van der Waals surface area contributed by atoms with Crippen LogP contribution in [0.5, 0.6) is 11.5 Å². The van der Waals surface area contributed by atoms with Crippen LogP contribution in [0.2, 0.25) is 0 Å². The van der Waals surface area contributed by atoms with Gasteiger partial charge in [0.1, 0.15) is 0 Å². The molecule has 24 heavy (non-hydrogen) atoms. The first kappa shape index (κ1) is 16.6. The van der Waals surface area contributed by atoms with Crippen molar-refractivity contribution in [2.45, 2.75) is 43.6 Å². The quantitative estimate of drug-likeness (QED) is 0.825. The van der Waals surface area contributed by atoms with E-state index in [1.54, 1.807) is 14.2 Å². The fraction of sp³-hybridized carbons (Fsp3) is 0.700. The molecule has 3 atom stereocenters. The highest BCUT2D eigenvalue weighted by molar-refractivity contribution is 7.99. The number of ether oxygens (including phenoxy) is 2. The van der Waals surface area contributed by atoms with Crippen molar-refractivity contribution in [3.63, 3.8) is 0 Å². The van der Waals surface area contributed by atoms with Gasteiger partial charge in [0.2, 0.25) is 0 Å². The van der Waals surface area contributed by atoms with E-state index in [2.05, 4.69) is 41.9 Å². The molecule has 2 heterocycles. The molecule has 0 aromatic heterocycles. The fourth-order valence-electron chi connectivity index (χ4n) is 5.40. The van der Waals surface area contributed by atoms with Crippen LogP contribution in [0, 0.1) is 5.41 Å². The zero-order chi connectivity index (χ0) is 16.8. The monoisotopic (exact) mass is 347 g/mol. The van der Waals surface area contributed by atoms with Crippen molar-refractivity contribution in [3.05, 3.63) is 23.8 Å². The van der Waals surface area contributed by atoms with Crippen molar-refractivity contribution in [2.75, 3.05) is 39.3 Å². The topological polar surface area (TPSA) is 21.7 Å². The Labute approximate surface area is 150 Å². The Hall–Kier alpha value is -0.870. The number of methoxy groups -OCH3 is 2. The first-order valence-corrected chi connectivity index (χ1v) is 10.3. The van der Waals surface area contributed by atoms with Crippen LogP contribution in [0.25, 0.3) is 0 Å². The second-order valence-electron chi connectivity index (χ2n) is 7.98. The van der Waals surface area contributed by atoms with Gasteiger partial charge >= 0.3 is 0 Å². The molecule has 1 aliphatic carbocycles. The summed E-state index contributed by atoms with van der Waals surface area (Å²) in [7, 11) is 5.78. The summed E-state index contributed by atoms with van der Waals surface area (Å²) in [6.45, 7) is 1.21. The normalized spacial score (nSPS) is 36.0. The highest BCUT2D eigenvalue weighted by atomic mass is 32.2. The number of benzene rings is 1. The molecular formula is C20H29NO2S. The molecule has 132 valence electrons. The predicted molar refractivity (Wildman–Crippen MR) is 100 cm³/mol. The fourth-order valence-corrected chi connectivity index (χ4v) is 6.96. The highest BCUT2D eigenvalue weighted by Gasteiger charge is 2.55. The number of likely N-dealkylation sites (tertiary alicyclic amines) is 1. The summed E-state index contributed by atoms with van der Waals surface area (Å²) in [6, 6.07) is 7.29. The zero-order valence-electron chi connectivity index (χ0n) is 15.1. The maximum atomic E-state index is 5.59. The minimum Gasteiger partial charge on any atom is -0.493 e. The molecule has 2 aliphatic heterocycles. The van der Waals surface area contributed by atoms with Crippen LogP contribution in [0.1, 0.15) is 37.7 Å². The van der Waals surface area contributed by atoms with Crippen LogP contribution in [-0.4, -0.2) is 50.3 Å². The Kier molecular flexibility index (Phi) is 4.24. The first-order chi connectivity index (χ1) is 11.6. The van der Waals surface area contributed by atoms with Crippen molar-refractivity contribution in [2.24, 2.45) is 5.41 Å². The average Bonchev–Trinajstić information content (AvgIpc) is 3.21. The van der Waals surface area contributed by atoms with Gasteiger partial charge in [0.05, 0.1) is 14.2 Å². The maximum absolute atomic E-state index is 5.59. The molecule has 0 radical (unpaired) electrons. The van der Waals surface area contributed by atoms with E-state index in [-0.39, 0.29) is 0 Å². The third-order valence-corrected chi connectivity index (χ3v) is 8.26. The van der Waals surface area contributed by atoms with Crippen LogP contribution in [0.4, 0.5) is 0 Å². The smallest absolute Gasteiger partial charge is 0.161 e. The van der Waals surface area contributed by atoms with E-state index in [0.717, 1.165) is 11.5 Å². The number of rotatable bonds is 3. The van der Waals surface area contributed by atoms with Gasteiger partial charge < -0.3 is 14.4 Å². The summed E-state index contributed by atoms with van der Waals surface area (Å²) in [5, 5.41) is 0. The van der Waals surface area contributed by atoms with Gasteiger partial charge in [-0.25, -0.2) is 0 Å². The lowest BCUT2D eigenvalue weighted by Crippen LogP contribution is -2.49. The van der Waals surface area contributed by atoms with Crippen molar-refractivity contribution in [1.29, 1.82) is 0 Å². The average molecular weight is 348 g/mol. The van der Waals surface area contributed by atoms with Crippen LogP contribution in [0.3, 0.4) is 0 Å². The molecule has 1 spiro atoms. The van der Waals surface area contributed by atoms with E-state index in [0.29, 0.717) is 16.9 Å². The minimum atomic E-state index is 0.298. The van der Waals surface area contributed by atoms with Gasteiger partial charge in [-0.1, -0.05) is 6.07 Å². The van der Waals surface area contributed by atoms with Crippen LogP contribution in [0.15, 0.2) is 18.2 Å². The van der Waals surface area contributed by atoms with Crippen LogP contribution in [-0.2, 0) is 5.41 Å².